The van der Waals surface area contributed by atoms with Gasteiger partial charge in [-0.15, -0.1) is 6.58 Å². The summed E-state index contributed by atoms with van der Waals surface area (Å²) in [6.45, 7) is 17.6. The Morgan fingerprint density at radius 2 is 1.93 bits per heavy atom. The van der Waals surface area contributed by atoms with Crippen molar-refractivity contribution in [1.29, 1.82) is 0 Å². The van der Waals surface area contributed by atoms with E-state index in [9.17, 15) is 18.8 Å². The number of carbonyl (C=O) groups is 3. The summed E-state index contributed by atoms with van der Waals surface area (Å²) < 4.78 is 15.1. The van der Waals surface area contributed by atoms with Gasteiger partial charge in [0.15, 0.2) is 0 Å². The van der Waals surface area contributed by atoms with E-state index in [0.29, 0.717) is 11.3 Å². The molecular weight excluding hydrogens is 385 g/mol. The molecule has 156 valence electrons. The average molecular weight is 409 g/mol. The predicted molar refractivity (Wildman–Crippen MR) is 113 cm³/mol. The van der Waals surface area contributed by atoms with Crippen LogP contribution in [0.3, 0.4) is 0 Å². The number of allylic oxidation sites excluding steroid dienone is 1. The number of rotatable bonds is 7. The molecule has 1 amide bonds. The molecular formula is C23H24FN3O3. The van der Waals surface area contributed by atoms with Gasteiger partial charge in [-0.05, 0) is 43.0 Å². The Morgan fingerprint density at radius 1 is 1.30 bits per heavy atom. The number of carbonyl (C=O) groups excluding carboxylic acids is 3. The second-order valence-corrected chi connectivity index (χ2v) is 7.85. The van der Waals surface area contributed by atoms with Crippen LogP contribution in [0.15, 0.2) is 30.9 Å². The van der Waals surface area contributed by atoms with Gasteiger partial charge in [-0.3, -0.25) is 14.4 Å². The van der Waals surface area contributed by atoms with E-state index in [1.165, 1.54) is 12.1 Å². The zero-order valence-electron chi connectivity index (χ0n) is 17.7. The molecule has 1 N–H and O–H groups in total. The maximum absolute atomic E-state index is 13.5. The number of aromatic nitrogens is 1. The molecule has 0 saturated heterocycles. The van der Waals surface area contributed by atoms with Gasteiger partial charge in [0.05, 0.1) is 12.1 Å². The highest BCUT2D eigenvalue weighted by molar-refractivity contribution is 6.44. The van der Waals surface area contributed by atoms with Crippen LogP contribution in [0.4, 0.5) is 15.8 Å². The molecule has 7 heteroatoms. The lowest BCUT2D eigenvalue weighted by atomic mass is 9.85. The van der Waals surface area contributed by atoms with Crippen molar-refractivity contribution in [2.45, 2.75) is 34.1 Å². The Bertz CT molecular complexity index is 1100. The van der Waals surface area contributed by atoms with E-state index < -0.39 is 28.7 Å². The van der Waals surface area contributed by atoms with Gasteiger partial charge in [-0.25, -0.2) is 9.24 Å². The number of halogens is 1. The average Bonchev–Trinajstić information content (AvgIpc) is 2.91. The molecule has 0 spiro atoms. The van der Waals surface area contributed by atoms with Crippen molar-refractivity contribution in [2.24, 2.45) is 12.5 Å². The maximum Gasteiger partial charge on any atom is 0.272 e. The molecule has 0 aliphatic carbocycles. The molecule has 0 saturated carbocycles. The molecule has 0 atom stereocenters. The minimum Gasteiger partial charge on any atom is -0.343 e. The fourth-order valence-electron chi connectivity index (χ4n) is 3.21. The fraction of sp³-hybridized carbons (Fsp3) is 0.304. The Labute approximate surface area is 175 Å². The van der Waals surface area contributed by atoms with E-state index in [0.717, 1.165) is 6.07 Å². The van der Waals surface area contributed by atoms with E-state index in [-0.39, 0.29) is 29.1 Å². The molecule has 0 unspecified atom stereocenters. The first-order valence-electron chi connectivity index (χ1n) is 9.29. The summed E-state index contributed by atoms with van der Waals surface area (Å²) >= 11 is 0. The van der Waals surface area contributed by atoms with Crippen LogP contribution < -0.4 is 5.32 Å². The molecule has 0 fully saturated rings. The van der Waals surface area contributed by atoms with Crippen LogP contribution in [-0.4, -0.2) is 22.0 Å². The lowest BCUT2D eigenvalue weighted by molar-refractivity contribution is -0.116. The van der Waals surface area contributed by atoms with E-state index in [1.807, 2.05) is 13.8 Å². The van der Waals surface area contributed by atoms with Crippen molar-refractivity contribution in [1.82, 2.24) is 4.57 Å². The van der Waals surface area contributed by atoms with Gasteiger partial charge in [0, 0.05) is 24.8 Å². The van der Waals surface area contributed by atoms with Gasteiger partial charge in [0.25, 0.3) is 5.91 Å². The Morgan fingerprint density at radius 3 is 2.50 bits per heavy atom. The van der Waals surface area contributed by atoms with Crippen molar-refractivity contribution in [3.8, 4) is 0 Å². The molecule has 1 aromatic heterocycles. The van der Waals surface area contributed by atoms with Crippen molar-refractivity contribution in [2.75, 3.05) is 5.32 Å². The molecule has 2 aromatic rings. The summed E-state index contributed by atoms with van der Waals surface area (Å²) in [6.07, 6.45) is 1.64. The minimum absolute atomic E-state index is 0.0135. The van der Waals surface area contributed by atoms with Crippen LogP contribution >= 0.6 is 0 Å². The second kappa shape index (κ2) is 8.46. The smallest absolute Gasteiger partial charge is 0.272 e. The molecule has 30 heavy (non-hydrogen) atoms. The number of nitrogens with zero attached hydrogens (tertiary/aromatic N) is 2. The number of hydrogen-bond acceptors (Lipinski definition) is 3. The molecule has 2 rings (SSSR count). The molecule has 0 radical (unpaired) electrons. The third kappa shape index (κ3) is 4.38. The second-order valence-electron chi connectivity index (χ2n) is 7.85. The largest absolute Gasteiger partial charge is 0.343 e. The zero-order chi connectivity index (χ0) is 22.8. The van der Waals surface area contributed by atoms with Crippen molar-refractivity contribution < 1.29 is 18.8 Å². The van der Waals surface area contributed by atoms with Gasteiger partial charge < -0.3 is 9.88 Å². The van der Waals surface area contributed by atoms with E-state index in [4.69, 9.17) is 6.57 Å². The quantitative estimate of drug-likeness (QED) is 0.305. The van der Waals surface area contributed by atoms with Gasteiger partial charge >= 0.3 is 0 Å². The molecule has 6 nitrogen and oxygen atoms in total. The van der Waals surface area contributed by atoms with E-state index >= 15 is 0 Å². The summed E-state index contributed by atoms with van der Waals surface area (Å²) in [5, 5.41) is 2.62. The maximum atomic E-state index is 13.5. The summed E-state index contributed by atoms with van der Waals surface area (Å²) in [4.78, 5) is 41.3. The first kappa shape index (κ1) is 22.8. The third-order valence-electron chi connectivity index (χ3n) is 5.12. The van der Waals surface area contributed by atoms with Gasteiger partial charge in [0.2, 0.25) is 17.3 Å². The summed E-state index contributed by atoms with van der Waals surface area (Å²) in [7, 11) is 1.63. The monoisotopic (exact) mass is 409 g/mol. The van der Waals surface area contributed by atoms with Crippen LogP contribution in [-0.2, 0) is 11.8 Å². The standard InChI is InChI=1S/C23H24FN3O3/c1-8-23(4,5)12-18(28)21(29)19-13(2)20(27(7)14(19)3)22(30)26-15-9-10-16(24)17(11-15)25-6/h8-11H,1,12H2,2-5,7H3,(H,26,30). The highest BCUT2D eigenvalue weighted by Crippen LogP contribution is 2.28. The highest BCUT2D eigenvalue weighted by Gasteiger charge is 2.30. The lowest BCUT2D eigenvalue weighted by Gasteiger charge is -2.17. The Balaban J connectivity index is 2.39. The number of anilines is 1. The van der Waals surface area contributed by atoms with E-state index in [2.05, 4.69) is 16.7 Å². The zero-order valence-corrected chi connectivity index (χ0v) is 17.7. The van der Waals surface area contributed by atoms with Crippen molar-refractivity contribution in [3.05, 3.63) is 70.6 Å². The molecule has 0 aliphatic heterocycles. The Kier molecular flexibility index (Phi) is 6.41. The summed E-state index contributed by atoms with van der Waals surface area (Å²) in [5.74, 6) is -2.41. The van der Waals surface area contributed by atoms with Crippen LogP contribution in [0.2, 0.25) is 0 Å². The first-order valence-corrected chi connectivity index (χ1v) is 9.29. The van der Waals surface area contributed by atoms with Gasteiger partial charge in [-0.2, -0.15) is 0 Å². The molecule has 1 aromatic carbocycles. The number of benzene rings is 1. The minimum atomic E-state index is -0.678. The highest BCUT2D eigenvalue weighted by atomic mass is 19.1. The van der Waals surface area contributed by atoms with Crippen molar-refractivity contribution in [3.63, 3.8) is 0 Å². The summed E-state index contributed by atoms with van der Waals surface area (Å²) in [5.41, 5.74) is 0.811. The van der Waals surface area contributed by atoms with Gasteiger partial charge in [-0.1, -0.05) is 19.9 Å². The Hall–Kier alpha value is -3.53. The van der Waals surface area contributed by atoms with Crippen molar-refractivity contribution >= 4 is 28.8 Å². The molecule has 1 heterocycles. The number of nitrogens with one attached hydrogen (secondary N) is 1. The van der Waals surface area contributed by atoms with Crippen LogP contribution in [0.1, 0.15) is 52.4 Å². The fourth-order valence-corrected chi connectivity index (χ4v) is 3.21. The van der Waals surface area contributed by atoms with Crippen LogP contribution in [0, 0.1) is 31.7 Å². The van der Waals surface area contributed by atoms with E-state index in [1.54, 1.807) is 31.5 Å². The summed E-state index contributed by atoms with van der Waals surface area (Å²) in [6, 6.07) is 3.68. The van der Waals surface area contributed by atoms with Crippen LogP contribution in [0.5, 0.6) is 0 Å². The third-order valence-corrected chi connectivity index (χ3v) is 5.12. The first-order chi connectivity index (χ1) is 13.9. The topological polar surface area (TPSA) is 72.5 Å². The number of hydrogen-bond donors (Lipinski definition) is 1. The normalized spacial score (nSPS) is 11.0. The molecule has 0 bridgehead atoms. The number of ketones is 2. The number of amides is 1. The predicted octanol–water partition coefficient (Wildman–Crippen LogP) is 4.94. The SMILES string of the molecule is [C-]#[N+]c1cc(NC(=O)c2c(C)c(C(=O)C(=O)CC(C)(C)C=C)c(C)n2C)ccc1F. The van der Waals surface area contributed by atoms with Gasteiger partial charge in [0.1, 0.15) is 11.5 Å². The lowest BCUT2D eigenvalue weighted by Crippen LogP contribution is -2.22. The molecule has 0 aliphatic rings. The van der Waals surface area contributed by atoms with Crippen LogP contribution in [0.25, 0.3) is 4.85 Å². The number of Topliss-reactive ketones (excluding diaryl/α,β-unsaturated/α-hetero) is 2.